The number of carbonyl (C=O) groups is 1. The van der Waals surface area contributed by atoms with Crippen molar-refractivity contribution in [3.05, 3.63) is 59.4 Å². The van der Waals surface area contributed by atoms with Gasteiger partial charge in [0.15, 0.2) is 0 Å². The highest BCUT2D eigenvalue weighted by atomic mass is 35.5. The van der Waals surface area contributed by atoms with E-state index in [1.165, 1.54) is 37.7 Å². The van der Waals surface area contributed by atoms with Gasteiger partial charge in [-0.3, -0.25) is 18.5 Å². The maximum absolute atomic E-state index is 12.0. The average Bonchev–Trinajstić information content (AvgIpc) is 2.61. The number of fused-ring (bicyclic) bond motifs is 1. The van der Waals surface area contributed by atoms with E-state index in [2.05, 4.69) is 9.97 Å². The Balaban J connectivity index is 2.29. The van der Waals surface area contributed by atoms with E-state index in [9.17, 15) is 13.6 Å². The van der Waals surface area contributed by atoms with Crippen LogP contribution >= 0.6 is 11.6 Å². The smallest absolute Gasteiger partial charge is 0.340 e. The molecule has 9 heteroatoms. The van der Waals surface area contributed by atoms with Crippen LogP contribution < -0.4 is 4.31 Å². The second-order valence-corrected chi connectivity index (χ2v) is 6.10. The van der Waals surface area contributed by atoms with Crippen molar-refractivity contribution >= 4 is 51.2 Å². The molecule has 7 nitrogen and oxygen atoms in total. The molecule has 0 amide bonds. The number of anilines is 2. The summed E-state index contributed by atoms with van der Waals surface area (Å²) in [6.45, 7) is 0. The molecular formula is C16H11ClN3O4S-. The van der Waals surface area contributed by atoms with Crippen LogP contribution in [0.25, 0.3) is 11.0 Å². The van der Waals surface area contributed by atoms with Gasteiger partial charge in [-0.1, -0.05) is 17.7 Å². The van der Waals surface area contributed by atoms with Crippen molar-refractivity contribution in [3.8, 4) is 0 Å². The van der Waals surface area contributed by atoms with Gasteiger partial charge >= 0.3 is 5.97 Å². The first kappa shape index (κ1) is 17.3. The number of halogens is 1. The lowest BCUT2D eigenvalue weighted by Gasteiger charge is -2.28. The Hall–Kier alpha value is -2.55. The molecule has 1 heterocycles. The number of esters is 1. The fraction of sp³-hybridized carbons (Fsp3) is 0.0625. The topological polar surface area (TPSA) is 95.5 Å². The Morgan fingerprint density at radius 1 is 1.20 bits per heavy atom. The first-order chi connectivity index (χ1) is 12.0. The number of para-hydroxylation sites is 1. The predicted octanol–water partition coefficient (Wildman–Crippen LogP) is 3.00. The minimum atomic E-state index is -2.75. The van der Waals surface area contributed by atoms with Gasteiger partial charge in [-0.15, -0.1) is 0 Å². The molecule has 25 heavy (non-hydrogen) atoms. The van der Waals surface area contributed by atoms with Gasteiger partial charge in [0.2, 0.25) is 0 Å². The molecule has 1 aromatic heterocycles. The normalized spacial score (nSPS) is 12.0. The van der Waals surface area contributed by atoms with Gasteiger partial charge in [0.25, 0.3) is 0 Å². The average molecular weight is 377 g/mol. The zero-order valence-corrected chi connectivity index (χ0v) is 14.5. The van der Waals surface area contributed by atoms with Crippen LogP contribution in [0, 0.1) is 0 Å². The Bertz CT molecular complexity index is 977. The van der Waals surface area contributed by atoms with E-state index in [0.717, 1.165) is 4.31 Å². The second-order valence-electron chi connectivity index (χ2n) is 4.87. The molecule has 128 valence electrons. The molecule has 0 saturated heterocycles. The highest BCUT2D eigenvalue weighted by Crippen LogP contribution is 2.35. The third kappa shape index (κ3) is 3.32. The van der Waals surface area contributed by atoms with Gasteiger partial charge in [-0.05, 0) is 30.3 Å². The number of methoxy groups -OCH3 is 1. The molecule has 1 unspecified atom stereocenters. The van der Waals surface area contributed by atoms with E-state index in [1.54, 1.807) is 18.2 Å². The summed E-state index contributed by atoms with van der Waals surface area (Å²) in [6.07, 6.45) is 2.96. The van der Waals surface area contributed by atoms with Crippen LogP contribution in [-0.2, 0) is 16.0 Å². The minimum absolute atomic E-state index is 0.0528. The number of ether oxygens (including phenoxy) is 1. The molecule has 3 aromatic rings. The third-order valence-corrected chi connectivity index (χ3v) is 4.36. The summed E-state index contributed by atoms with van der Waals surface area (Å²) in [4.78, 5) is 20.4. The van der Waals surface area contributed by atoms with E-state index in [1.807, 2.05) is 0 Å². The van der Waals surface area contributed by atoms with Gasteiger partial charge in [0, 0.05) is 17.4 Å². The molecule has 0 fully saturated rings. The van der Waals surface area contributed by atoms with Crippen LogP contribution in [0.2, 0.25) is 5.02 Å². The molecule has 0 aliphatic carbocycles. The van der Waals surface area contributed by atoms with Crippen molar-refractivity contribution in [2.24, 2.45) is 0 Å². The molecule has 3 rings (SSSR count). The molecule has 1 atom stereocenters. The second kappa shape index (κ2) is 7.14. The van der Waals surface area contributed by atoms with Crippen LogP contribution in [0.15, 0.2) is 48.8 Å². The highest BCUT2D eigenvalue weighted by molar-refractivity contribution is 7.81. The van der Waals surface area contributed by atoms with E-state index >= 15 is 0 Å². The van der Waals surface area contributed by atoms with E-state index < -0.39 is 17.2 Å². The maximum Gasteiger partial charge on any atom is 0.340 e. The lowest BCUT2D eigenvalue weighted by atomic mass is 10.1. The van der Waals surface area contributed by atoms with Crippen LogP contribution in [0.4, 0.5) is 11.4 Å². The summed E-state index contributed by atoms with van der Waals surface area (Å²) in [7, 11) is 1.21. The summed E-state index contributed by atoms with van der Waals surface area (Å²) in [6, 6.07) is 9.17. The van der Waals surface area contributed by atoms with Gasteiger partial charge in [0.1, 0.15) is 5.52 Å². The number of benzene rings is 2. The lowest BCUT2D eigenvalue weighted by Crippen LogP contribution is -2.23. The van der Waals surface area contributed by atoms with E-state index in [-0.39, 0.29) is 22.0 Å². The Labute approximate surface area is 150 Å². The summed E-state index contributed by atoms with van der Waals surface area (Å²) in [5.74, 6) is -0.687. The number of hydrogen-bond donors (Lipinski definition) is 0. The largest absolute Gasteiger partial charge is 0.755 e. The number of aromatic nitrogens is 2. The minimum Gasteiger partial charge on any atom is -0.755 e. The lowest BCUT2D eigenvalue weighted by molar-refractivity contribution is 0.0602. The fourth-order valence-corrected chi connectivity index (χ4v) is 3.17. The Morgan fingerprint density at radius 3 is 2.68 bits per heavy atom. The van der Waals surface area contributed by atoms with Crippen molar-refractivity contribution in [1.29, 1.82) is 0 Å². The van der Waals surface area contributed by atoms with Crippen molar-refractivity contribution in [2.75, 3.05) is 11.4 Å². The molecule has 2 aromatic carbocycles. The Kier molecular flexibility index (Phi) is 4.93. The van der Waals surface area contributed by atoms with Crippen molar-refractivity contribution in [2.45, 2.75) is 0 Å². The number of nitrogens with zero attached hydrogens (tertiary/aromatic N) is 3. The standard InChI is InChI=1S/C16H12ClN3O4S/c1-24-16(21)11-6-5-10(17)9-14(11)20(25(22)23)13-4-2-3-12-15(13)19-8-7-18-12/h2-9H,1H3,(H,22,23)/p-1. The van der Waals surface area contributed by atoms with Crippen molar-refractivity contribution < 1.29 is 18.3 Å². The van der Waals surface area contributed by atoms with Crippen LogP contribution in [-0.4, -0.2) is 31.8 Å². The number of rotatable bonds is 4. The van der Waals surface area contributed by atoms with Crippen LogP contribution in [0.1, 0.15) is 10.4 Å². The van der Waals surface area contributed by atoms with Gasteiger partial charge in [0.05, 0.1) is 40.8 Å². The number of hydrogen-bond acceptors (Lipinski definition) is 6. The molecule has 0 aliphatic heterocycles. The van der Waals surface area contributed by atoms with Crippen molar-refractivity contribution in [1.82, 2.24) is 9.97 Å². The zero-order valence-electron chi connectivity index (χ0n) is 12.9. The summed E-state index contributed by atoms with van der Waals surface area (Å²) in [5.41, 5.74) is 1.23. The molecule has 0 spiro atoms. The van der Waals surface area contributed by atoms with E-state index in [4.69, 9.17) is 16.3 Å². The molecule has 0 radical (unpaired) electrons. The first-order valence-corrected chi connectivity index (χ1v) is 8.41. The molecule has 0 aliphatic rings. The fourth-order valence-electron chi connectivity index (χ4n) is 2.39. The van der Waals surface area contributed by atoms with Crippen molar-refractivity contribution in [3.63, 3.8) is 0 Å². The summed E-state index contributed by atoms with van der Waals surface area (Å²) < 4.78 is 29.7. The van der Waals surface area contributed by atoms with Crippen LogP contribution in [0.5, 0.6) is 0 Å². The van der Waals surface area contributed by atoms with Gasteiger partial charge in [-0.25, -0.2) is 4.79 Å². The monoisotopic (exact) mass is 376 g/mol. The molecule has 0 saturated carbocycles. The molecule has 0 N–H and O–H groups in total. The van der Waals surface area contributed by atoms with Crippen LogP contribution in [0.3, 0.4) is 0 Å². The Morgan fingerprint density at radius 2 is 1.96 bits per heavy atom. The molecule has 0 bridgehead atoms. The van der Waals surface area contributed by atoms with Gasteiger partial charge < -0.3 is 9.29 Å². The zero-order chi connectivity index (χ0) is 18.0. The summed E-state index contributed by atoms with van der Waals surface area (Å²) >= 11 is 3.26. The van der Waals surface area contributed by atoms with E-state index in [0.29, 0.717) is 11.0 Å². The SMILES string of the molecule is COC(=O)c1ccc(Cl)cc1N(c1cccc2nccnc12)S(=O)[O-]. The highest BCUT2D eigenvalue weighted by Gasteiger charge is 2.22. The van der Waals surface area contributed by atoms with Gasteiger partial charge in [-0.2, -0.15) is 0 Å². The number of carbonyl (C=O) groups excluding carboxylic acids is 1. The third-order valence-electron chi connectivity index (χ3n) is 3.43. The maximum atomic E-state index is 12.0. The quantitative estimate of drug-likeness (QED) is 0.513. The molecular weight excluding hydrogens is 366 g/mol. The summed E-state index contributed by atoms with van der Waals surface area (Å²) in [5, 5.41) is 0.268. The first-order valence-electron chi connectivity index (χ1n) is 7.00. The predicted molar refractivity (Wildman–Crippen MR) is 93.4 cm³/mol.